The fourth-order valence-electron chi connectivity index (χ4n) is 1.26. The topological polar surface area (TPSA) is 83.5 Å². The number of carboxylic acid groups (broad SMARTS) is 1. The van der Waals surface area contributed by atoms with Crippen molar-refractivity contribution in [2.75, 3.05) is 5.75 Å². The van der Waals surface area contributed by atoms with Crippen LogP contribution < -0.4 is 4.72 Å². The number of carboxylic acids is 1. The smallest absolute Gasteiger partial charge is 0.324 e. The molecule has 0 spiro atoms. The van der Waals surface area contributed by atoms with Gasteiger partial charge < -0.3 is 5.11 Å². The van der Waals surface area contributed by atoms with Gasteiger partial charge in [-0.3, -0.25) is 4.79 Å². The summed E-state index contributed by atoms with van der Waals surface area (Å²) in [5.74, 6) is -1.15. The van der Waals surface area contributed by atoms with Crippen molar-refractivity contribution in [3.63, 3.8) is 0 Å². The molecule has 0 unspecified atom stereocenters. The second kappa shape index (κ2) is 3.26. The molecule has 0 aromatic heterocycles. The van der Waals surface area contributed by atoms with Crippen LogP contribution in [0.3, 0.4) is 0 Å². The predicted molar refractivity (Wildman–Crippen MR) is 46.8 cm³/mol. The lowest BCUT2D eigenvalue weighted by atomic mass is 9.78. The summed E-state index contributed by atoms with van der Waals surface area (Å²) in [6.45, 7) is 1.48. The molecule has 1 aliphatic rings. The number of hydrogen-bond donors (Lipinski definition) is 2. The van der Waals surface area contributed by atoms with Gasteiger partial charge >= 0.3 is 5.97 Å². The molecule has 1 fully saturated rings. The predicted octanol–water partition coefficient (Wildman–Crippen LogP) is -0.0670. The molecular formula is C7H13NO4S. The maximum absolute atomic E-state index is 11.1. The molecule has 0 radical (unpaired) electrons. The van der Waals surface area contributed by atoms with Gasteiger partial charge in [0.25, 0.3) is 0 Å². The summed E-state index contributed by atoms with van der Waals surface area (Å²) in [6.07, 6.45) is 1.54. The highest BCUT2D eigenvalue weighted by Gasteiger charge is 2.46. The van der Waals surface area contributed by atoms with Crippen molar-refractivity contribution in [1.82, 2.24) is 4.72 Å². The molecule has 0 amide bonds. The molecule has 0 bridgehead atoms. The first-order valence-corrected chi connectivity index (χ1v) is 5.82. The van der Waals surface area contributed by atoms with Crippen LogP contribution in [-0.2, 0) is 14.8 Å². The van der Waals surface area contributed by atoms with Gasteiger partial charge in [-0.05, 0) is 26.2 Å². The summed E-state index contributed by atoms with van der Waals surface area (Å²) in [4.78, 5) is 10.8. The Morgan fingerprint density at radius 1 is 1.54 bits per heavy atom. The monoisotopic (exact) mass is 207 g/mol. The molecule has 0 heterocycles. The fraction of sp³-hybridized carbons (Fsp3) is 0.857. The molecule has 0 atom stereocenters. The first-order chi connectivity index (χ1) is 5.92. The van der Waals surface area contributed by atoms with E-state index in [4.69, 9.17) is 5.11 Å². The van der Waals surface area contributed by atoms with Crippen molar-refractivity contribution in [1.29, 1.82) is 0 Å². The Bertz CT molecular complexity index is 304. The molecule has 0 aromatic rings. The second-order valence-corrected chi connectivity index (χ2v) is 5.26. The van der Waals surface area contributed by atoms with E-state index in [1.165, 1.54) is 6.92 Å². The Labute approximate surface area is 77.2 Å². The molecular weight excluding hydrogens is 194 g/mol. The summed E-state index contributed by atoms with van der Waals surface area (Å²) in [6, 6.07) is 0. The van der Waals surface area contributed by atoms with Crippen LogP contribution in [0.4, 0.5) is 0 Å². The number of rotatable bonds is 4. The lowest BCUT2D eigenvalue weighted by Crippen LogP contribution is -2.59. The number of carbonyl (C=O) groups is 1. The third-order valence-electron chi connectivity index (χ3n) is 2.35. The van der Waals surface area contributed by atoms with E-state index < -0.39 is 21.5 Å². The Morgan fingerprint density at radius 2 is 2.08 bits per heavy atom. The molecule has 0 saturated heterocycles. The van der Waals surface area contributed by atoms with Crippen LogP contribution in [0.2, 0.25) is 0 Å². The molecule has 6 heteroatoms. The number of aliphatic carboxylic acids is 1. The SMILES string of the molecule is CCS(=O)(=O)NC1(C(=O)O)CCC1. The standard InChI is InChI=1S/C7H13NO4S/c1-2-13(11,12)8-7(6(9)10)4-3-5-7/h8H,2-5H2,1H3,(H,9,10). The maximum Gasteiger partial charge on any atom is 0.324 e. The minimum atomic E-state index is -3.41. The van der Waals surface area contributed by atoms with Gasteiger partial charge in [0.1, 0.15) is 5.54 Å². The van der Waals surface area contributed by atoms with Crippen LogP contribution in [-0.4, -0.2) is 30.8 Å². The van der Waals surface area contributed by atoms with Crippen molar-refractivity contribution in [3.05, 3.63) is 0 Å². The minimum Gasteiger partial charge on any atom is -0.480 e. The van der Waals surface area contributed by atoms with Crippen LogP contribution in [0, 0.1) is 0 Å². The normalized spacial score (nSPS) is 20.7. The van der Waals surface area contributed by atoms with Crippen LogP contribution in [0.5, 0.6) is 0 Å². The minimum absolute atomic E-state index is 0.0813. The van der Waals surface area contributed by atoms with Gasteiger partial charge in [0.2, 0.25) is 10.0 Å². The van der Waals surface area contributed by atoms with E-state index in [2.05, 4.69) is 4.72 Å². The van der Waals surface area contributed by atoms with Gasteiger partial charge in [0.15, 0.2) is 0 Å². The lowest BCUT2D eigenvalue weighted by Gasteiger charge is -2.37. The molecule has 1 saturated carbocycles. The molecule has 0 aliphatic heterocycles. The molecule has 2 N–H and O–H groups in total. The summed E-state index contributed by atoms with van der Waals surface area (Å²) in [7, 11) is -3.41. The van der Waals surface area contributed by atoms with E-state index in [1.54, 1.807) is 0 Å². The molecule has 0 aromatic carbocycles. The number of nitrogens with one attached hydrogen (secondary N) is 1. The largest absolute Gasteiger partial charge is 0.480 e. The van der Waals surface area contributed by atoms with Gasteiger partial charge in [-0.25, -0.2) is 8.42 Å². The Balaban J connectivity index is 2.76. The van der Waals surface area contributed by atoms with Gasteiger partial charge in [-0.1, -0.05) is 0 Å². The second-order valence-electron chi connectivity index (χ2n) is 3.25. The average Bonchev–Trinajstić information content (AvgIpc) is 1.96. The molecule has 5 nitrogen and oxygen atoms in total. The molecule has 1 aliphatic carbocycles. The number of hydrogen-bond acceptors (Lipinski definition) is 3. The van der Waals surface area contributed by atoms with E-state index in [0.717, 1.165) is 6.42 Å². The van der Waals surface area contributed by atoms with Crippen LogP contribution >= 0.6 is 0 Å². The highest BCUT2D eigenvalue weighted by molar-refractivity contribution is 7.89. The van der Waals surface area contributed by atoms with Crippen molar-refractivity contribution in [3.8, 4) is 0 Å². The van der Waals surface area contributed by atoms with E-state index >= 15 is 0 Å². The van der Waals surface area contributed by atoms with Crippen LogP contribution in [0.15, 0.2) is 0 Å². The van der Waals surface area contributed by atoms with E-state index in [1.807, 2.05) is 0 Å². The third-order valence-corrected chi connectivity index (χ3v) is 3.81. The van der Waals surface area contributed by atoms with Gasteiger partial charge in [0, 0.05) is 0 Å². The van der Waals surface area contributed by atoms with Gasteiger partial charge in [-0.15, -0.1) is 0 Å². The molecule has 13 heavy (non-hydrogen) atoms. The van der Waals surface area contributed by atoms with E-state index in [-0.39, 0.29) is 5.75 Å². The zero-order valence-electron chi connectivity index (χ0n) is 7.41. The first-order valence-electron chi connectivity index (χ1n) is 4.17. The zero-order chi connectivity index (χ0) is 10.1. The van der Waals surface area contributed by atoms with Crippen molar-refractivity contribution in [2.24, 2.45) is 0 Å². The van der Waals surface area contributed by atoms with Crippen molar-refractivity contribution >= 4 is 16.0 Å². The summed E-state index contributed by atoms with van der Waals surface area (Å²) in [5.41, 5.74) is -1.21. The quantitative estimate of drug-likeness (QED) is 0.676. The molecule has 1 rings (SSSR count). The summed E-state index contributed by atoms with van der Waals surface area (Å²) < 4.78 is 24.5. The first kappa shape index (κ1) is 10.5. The highest BCUT2D eigenvalue weighted by atomic mass is 32.2. The maximum atomic E-state index is 11.1. The average molecular weight is 207 g/mol. The van der Waals surface area contributed by atoms with Crippen LogP contribution in [0.25, 0.3) is 0 Å². The summed E-state index contributed by atoms with van der Waals surface area (Å²) in [5, 5.41) is 8.82. The molecule has 76 valence electrons. The van der Waals surface area contributed by atoms with Crippen molar-refractivity contribution in [2.45, 2.75) is 31.7 Å². The zero-order valence-corrected chi connectivity index (χ0v) is 8.23. The van der Waals surface area contributed by atoms with E-state index in [9.17, 15) is 13.2 Å². The Kier molecular flexibility index (Phi) is 2.63. The number of sulfonamides is 1. The van der Waals surface area contributed by atoms with Crippen LogP contribution in [0.1, 0.15) is 26.2 Å². The third kappa shape index (κ3) is 2.00. The lowest BCUT2D eigenvalue weighted by molar-refractivity contribution is -0.147. The summed E-state index contributed by atoms with van der Waals surface area (Å²) >= 11 is 0. The van der Waals surface area contributed by atoms with Gasteiger partial charge in [-0.2, -0.15) is 4.72 Å². The van der Waals surface area contributed by atoms with E-state index in [0.29, 0.717) is 12.8 Å². The van der Waals surface area contributed by atoms with Crippen molar-refractivity contribution < 1.29 is 18.3 Å². The fourth-order valence-corrected chi connectivity index (χ4v) is 2.29. The van der Waals surface area contributed by atoms with Gasteiger partial charge in [0.05, 0.1) is 5.75 Å². The Morgan fingerprint density at radius 3 is 2.31 bits per heavy atom. The highest BCUT2D eigenvalue weighted by Crippen LogP contribution is 2.32. The Hall–Kier alpha value is -0.620.